The summed E-state index contributed by atoms with van der Waals surface area (Å²) in [5.74, 6) is -1.09. The summed E-state index contributed by atoms with van der Waals surface area (Å²) in [5.41, 5.74) is 0.379. The number of aliphatic carboxylic acids is 1. The third-order valence-electron chi connectivity index (χ3n) is 3.28. The van der Waals surface area contributed by atoms with Crippen LogP contribution in [0, 0.1) is 19.3 Å². The summed E-state index contributed by atoms with van der Waals surface area (Å²) in [4.78, 5) is 10.9. The Kier molecular flexibility index (Phi) is 5.49. The van der Waals surface area contributed by atoms with Gasteiger partial charge in [0.05, 0.1) is 17.9 Å². The first-order chi connectivity index (χ1) is 9.59. The molecule has 6 nitrogen and oxygen atoms in total. The SMILES string of the molecule is Cc1ccc(C)c(S(=O)(=O)NCC(C)(CO)CC(=O)O)c1. The fraction of sp³-hybridized carbons (Fsp3) is 0.500. The Morgan fingerprint density at radius 1 is 1.33 bits per heavy atom. The Labute approximate surface area is 124 Å². The van der Waals surface area contributed by atoms with Gasteiger partial charge in [-0.25, -0.2) is 13.1 Å². The molecule has 1 rings (SSSR count). The minimum atomic E-state index is -3.75. The van der Waals surface area contributed by atoms with E-state index in [2.05, 4.69) is 4.72 Å². The summed E-state index contributed by atoms with van der Waals surface area (Å²) < 4.78 is 27.0. The smallest absolute Gasteiger partial charge is 0.304 e. The number of aliphatic hydroxyl groups is 1. The second kappa shape index (κ2) is 6.55. The second-order valence-electron chi connectivity index (χ2n) is 5.63. The Morgan fingerprint density at radius 2 is 1.95 bits per heavy atom. The van der Waals surface area contributed by atoms with Gasteiger partial charge in [0, 0.05) is 12.0 Å². The number of aliphatic hydroxyl groups excluding tert-OH is 1. The van der Waals surface area contributed by atoms with Crippen molar-refractivity contribution in [2.75, 3.05) is 13.2 Å². The molecular weight excluding hydrogens is 294 g/mol. The molecule has 0 saturated carbocycles. The van der Waals surface area contributed by atoms with E-state index in [0.717, 1.165) is 5.56 Å². The van der Waals surface area contributed by atoms with Gasteiger partial charge in [0.2, 0.25) is 10.0 Å². The van der Waals surface area contributed by atoms with Gasteiger partial charge in [0.15, 0.2) is 0 Å². The van der Waals surface area contributed by atoms with E-state index in [-0.39, 0.29) is 17.9 Å². The summed E-state index contributed by atoms with van der Waals surface area (Å²) in [5, 5.41) is 18.1. The zero-order chi connectivity index (χ0) is 16.3. The van der Waals surface area contributed by atoms with Gasteiger partial charge in [-0.15, -0.1) is 0 Å². The van der Waals surface area contributed by atoms with E-state index in [9.17, 15) is 18.3 Å². The molecule has 0 heterocycles. The Morgan fingerprint density at radius 3 is 2.48 bits per heavy atom. The summed E-state index contributed by atoms with van der Waals surface area (Å²) in [6.45, 7) is 4.43. The summed E-state index contributed by atoms with van der Waals surface area (Å²) in [6, 6.07) is 5.09. The fourth-order valence-electron chi connectivity index (χ4n) is 1.88. The number of hydrogen-bond acceptors (Lipinski definition) is 4. The number of rotatable bonds is 7. The molecule has 0 aliphatic rings. The number of nitrogens with one attached hydrogen (secondary N) is 1. The van der Waals surface area contributed by atoms with Crippen LogP contribution in [0.1, 0.15) is 24.5 Å². The molecule has 0 radical (unpaired) electrons. The summed E-state index contributed by atoms with van der Waals surface area (Å²) in [7, 11) is -3.75. The van der Waals surface area contributed by atoms with E-state index in [4.69, 9.17) is 5.11 Å². The highest BCUT2D eigenvalue weighted by Gasteiger charge is 2.29. The minimum absolute atomic E-state index is 0.147. The van der Waals surface area contributed by atoms with Crippen molar-refractivity contribution in [3.63, 3.8) is 0 Å². The first-order valence-electron chi connectivity index (χ1n) is 6.49. The van der Waals surface area contributed by atoms with Gasteiger partial charge >= 0.3 is 5.97 Å². The molecule has 0 aliphatic heterocycles. The van der Waals surface area contributed by atoms with E-state index < -0.39 is 28.0 Å². The molecule has 7 heteroatoms. The molecular formula is C14H21NO5S. The van der Waals surface area contributed by atoms with Crippen molar-refractivity contribution in [3.05, 3.63) is 29.3 Å². The molecule has 118 valence electrons. The van der Waals surface area contributed by atoms with Crippen molar-refractivity contribution < 1.29 is 23.4 Å². The maximum Gasteiger partial charge on any atom is 0.304 e. The standard InChI is InChI=1S/C14H21NO5S/c1-10-4-5-11(2)12(6-10)21(19,20)15-8-14(3,9-16)7-13(17)18/h4-6,15-16H,7-9H2,1-3H3,(H,17,18). The predicted molar refractivity (Wildman–Crippen MR) is 78.6 cm³/mol. The number of hydrogen-bond donors (Lipinski definition) is 3. The van der Waals surface area contributed by atoms with Gasteiger partial charge in [-0.1, -0.05) is 19.1 Å². The van der Waals surface area contributed by atoms with Crippen molar-refractivity contribution in [2.24, 2.45) is 5.41 Å². The van der Waals surface area contributed by atoms with Gasteiger partial charge in [-0.2, -0.15) is 0 Å². The largest absolute Gasteiger partial charge is 0.481 e. The van der Waals surface area contributed by atoms with Crippen LogP contribution in [0.5, 0.6) is 0 Å². The van der Waals surface area contributed by atoms with Crippen LogP contribution in [0.2, 0.25) is 0 Å². The molecule has 0 bridgehead atoms. The third-order valence-corrected chi connectivity index (χ3v) is 4.83. The van der Waals surface area contributed by atoms with Crippen LogP contribution in [0.25, 0.3) is 0 Å². The lowest BCUT2D eigenvalue weighted by Crippen LogP contribution is -2.39. The molecule has 21 heavy (non-hydrogen) atoms. The average molecular weight is 315 g/mol. The first-order valence-corrected chi connectivity index (χ1v) is 7.97. The highest BCUT2D eigenvalue weighted by Crippen LogP contribution is 2.22. The van der Waals surface area contributed by atoms with Gasteiger partial charge in [0.1, 0.15) is 0 Å². The molecule has 0 spiro atoms. The maximum atomic E-state index is 12.3. The zero-order valence-corrected chi connectivity index (χ0v) is 13.2. The lowest BCUT2D eigenvalue weighted by molar-refractivity contribution is -0.140. The molecule has 3 N–H and O–H groups in total. The molecule has 1 aromatic carbocycles. The molecule has 0 saturated heterocycles. The number of carboxylic acids is 1. The zero-order valence-electron chi connectivity index (χ0n) is 12.4. The van der Waals surface area contributed by atoms with Crippen LogP contribution in [0.4, 0.5) is 0 Å². The Bertz CT molecular complexity index is 626. The van der Waals surface area contributed by atoms with Crippen molar-refractivity contribution in [2.45, 2.75) is 32.1 Å². The second-order valence-corrected chi connectivity index (χ2v) is 7.37. The summed E-state index contributed by atoms with van der Waals surface area (Å²) in [6.07, 6.45) is -0.321. The lowest BCUT2D eigenvalue weighted by atomic mass is 9.88. The molecule has 1 unspecified atom stereocenters. The van der Waals surface area contributed by atoms with Crippen LogP contribution < -0.4 is 4.72 Å². The predicted octanol–water partition coefficient (Wildman–Crippen LogP) is 1.06. The van der Waals surface area contributed by atoms with Crippen molar-refractivity contribution in [1.82, 2.24) is 4.72 Å². The number of benzene rings is 1. The van der Waals surface area contributed by atoms with Crippen LogP contribution >= 0.6 is 0 Å². The van der Waals surface area contributed by atoms with Crippen molar-refractivity contribution >= 4 is 16.0 Å². The van der Waals surface area contributed by atoms with Crippen LogP contribution in [0.3, 0.4) is 0 Å². The maximum absolute atomic E-state index is 12.3. The van der Waals surface area contributed by atoms with Gasteiger partial charge in [-0.05, 0) is 31.0 Å². The molecule has 1 aromatic rings. The van der Waals surface area contributed by atoms with E-state index in [1.807, 2.05) is 6.07 Å². The quantitative estimate of drug-likeness (QED) is 0.698. The van der Waals surface area contributed by atoms with Gasteiger partial charge in [0.25, 0.3) is 0 Å². The normalized spacial score (nSPS) is 14.7. The highest BCUT2D eigenvalue weighted by molar-refractivity contribution is 7.89. The monoisotopic (exact) mass is 315 g/mol. The number of carbonyl (C=O) groups is 1. The van der Waals surface area contributed by atoms with Crippen molar-refractivity contribution in [3.8, 4) is 0 Å². The number of aryl methyl sites for hydroxylation is 2. The topological polar surface area (TPSA) is 104 Å². The Hall–Kier alpha value is -1.44. The minimum Gasteiger partial charge on any atom is -0.481 e. The molecule has 1 atom stereocenters. The molecule has 0 amide bonds. The van der Waals surface area contributed by atoms with Crippen molar-refractivity contribution in [1.29, 1.82) is 0 Å². The highest BCUT2D eigenvalue weighted by atomic mass is 32.2. The van der Waals surface area contributed by atoms with Gasteiger partial charge < -0.3 is 10.2 Å². The van der Waals surface area contributed by atoms with Crippen LogP contribution in [-0.2, 0) is 14.8 Å². The van der Waals surface area contributed by atoms with E-state index in [1.165, 1.54) is 6.92 Å². The molecule has 0 aromatic heterocycles. The molecule has 0 fully saturated rings. The van der Waals surface area contributed by atoms with Gasteiger partial charge in [-0.3, -0.25) is 4.79 Å². The lowest BCUT2D eigenvalue weighted by Gasteiger charge is -2.25. The van der Waals surface area contributed by atoms with E-state index in [1.54, 1.807) is 26.0 Å². The number of sulfonamides is 1. The van der Waals surface area contributed by atoms with Crippen LogP contribution in [-0.4, -0.2) is 37.8 Å². The third kappa shape index (κ3) is 4.80. The van der Waals surface area contributed by atoms with E-state index >= 15 is 0 Å². The fourth-order valence-corrected chi connectivity index (χ4v) is 3.41. The average Bonchev–Trinajstić information content (AvgIpc) is 2.38. The van der Waals surface area contributed by atoms with Crippen LogP contribution in [0.15, 0.2) is 23.1 Å². The Balaban J connectivity index is 2.95. The first kappa shape index (κ1) is 17.6. The van der Waals surface area contributed by atoms with E-state index in [0.29, 0.717) is 5.56 Å². The summed E-state index contributed by atoms with van der Waals surface area (Å²) >= 11 is 0. The number of carboxylic acid groups (broad SMARTS) is 1. The molecule has 0 aliphatic carbocycles.